The standard InChI is InChI=1S/C14H10O4/c15-7-12-10-3-1-8(16)5-13(10)18-14-6-9(17)2-4-11(12)14/h1-7,12,16-17H. The smallest absolute Gasteiger partial charge is 0.135 e. The Kier molecular flexibility index (Phi) is 2.23. The Morgan fingerprint density at radius 2 is 1.44 bits per heavy atom. The summed E-state index contributed by atoms with van der Waals surface area (Å²) in [7, 11) is 0. The SMILES string of the molecule is O=CC1c2ccc(O)cc2Oc2cc(O)ccc21. The number of hydrogen-bond donors (Lipinski definition) is 2. The van der Waals surface area contributed by atoms with E-state index in [1.165, 1.54) is 24.3 Å². The first-order valence-electron chi connectivity index (χ1n) is 5.48. The van der Waals surface area contributed by atoms with Gasteiger partial charge in [0, 0.05) is 23.3 Å². The molecule has 2 aromatic carbocycles. The summed E-state index contributed by atoms with van der Waals surface area (Å²) in [4.78, 5) is 11.3. The minimum atomic E-state index is -0.440. The van der Waals surface area contributed by atoms with Crippen molar-refractivity contribution in [3.05, 3.63) is 47.5 Å². The van der Waals surface area contributed by atoms with Crippen LogP contribution in [0.4, 0.5) is 0 Å². The van der Waals surface area contributed by atoms with Crippen molar-refractivity contribution in [3.8, 4) is 23.0 Å². The van der Waals surface area contributed by atoms with Gasteiger partial charge < -0.3 is 19.7 Å². The number of phenolic OH excluding ortho intramolecular Hbond substituents is 2. The lowest BCUT2D eigenvalue weighted by atomic mass is 9.89. The normalized spacial score (nSPS) is 13.3. The lowest BCUT2D eigenvalue weighted by Gasteiger charge is -2.24. The third-order valence-electron chi connectivity index (χ3n) is 3.02. The molecule has 0 spiro atoms. The predicted octanol–water partition coefficient (Wildman–Crippen LogP) is 2.53. The Morgan fingerprint density at radius 3 is 1.89 bits per heavy atom. The molecule has 90 valence electrons. The molecule has 0 unspecified atom stereocenters. The summed E-state index contributed by atoms with van der Waals surface area (Å²) >= 11 is 0. The number of benzene rings is 2. The minimum Gasteiger partial charge on any atom is -0.508 e. The van der Waals surface area contributed by atoms with Gasteiger partial charge in [-0.25, -0.2) is 0 Å². The molecule has 0 fully saturated rings. The molecule has 0 saturated heterocycles. The summed E-state index contributed by atoms with van der Waals surface area (Å²) in [6.07, 6.45) is 0.828. The number of rotatable bonds is 1. The number of aromatic hydroxyl groups is 2. The maximum Gasteiger partial charge on any atom is 0.135 e. The predicted molar refractivity (Wildman–Crippen MR) is 64.2 cm³/mol. The zero-order chi connectivity index (χ0) is 12.7. The summed E-state index contributed by atoms with van der Waals surface area (Å²) in [5.41, 5.74) is 1.42. The highest BCUT2D eigenvalue weighted by atomic mass is 16.5. The molecule has 0 atom stereocenters. The molecule has 0 amide bonds. The lowest BCUT2D eigenvalue weighted by molar-refractivity contribution is -0.108. The first-order chi connectivity index (χ1) is 8.69. The molecule has 0 aromatic heterocycles. The monoisotopic (exact) mass is 242 g/mol. The third kappa shape index (κ3) is 1.50. The van der Waals surface area contributed by atoms with Crippen molar-refractivity contribution in [1.29, 1.82) is 0 Å². The highest BCUT2D eigenvalue weighted by molar-refractivity contribution is 5.75. The van der Waals surface area contributed by atoms with Crippen LogP contribution in [0.25, 0.3) is 0 Å². The minimum absolute atomic E-state index is 0.0713. The van der Waals surface area contributed by atoms with Gasteiger partial charge in [0.1, 0.15) is 29.3 Å². The van der Waals surface area contributed by atoms with E-state index in [4.69, 9.17) is 4.74 Å². The van der Waals surface area contributed by atoms with Crippen LogP contribution in [0.15, 0.2) is 36.4 Å². The number of carbonyl (C=O) groups excluding carboxylic acids is 1. The number of hydrogen-bond acceptors (Lipinski definition) is 4. The quantitative estimate of drug-likeness (QED) is 0.754. The Balaban J connectivity index is 2.21. The van der Waals surface area contributed by atoms with E-state index in [0.29, 0.717) is 22.6 Å². The van der Waals surface area contributed by atoms with E-state index < -0.39 is 5.92 Å². The van der Waals surface area contributed by atoms with Crippen LogP contribution in [0.3, 0.4) is 0 Å². The molecule has 18 heavy (non-hydrogen) atoms. The molecule has 4 nitrogen and oxygen atoms in total. The molecule has 1 aliphatic heterocycles. The molecule has 0 radical (unpaired) electrons. The fourth-order valence-electron chi connectivity index (χ4n) is 2.17. The summed E-state index contributed by atoms with van der Waals surface area (Å²) in [6, 6.07) is 9.28. The molecule has 2 N–H and O–H groups in total. The van der Waals surface area contributed by atoms with Crippen LogP contribution in [-0.2, 0) is 4.79 Å². The summed E-state index contributed by atoms with van der Waals surface area (Å²) in [5.74, 6) is 0.573. The second-order valence-corrected chi connectivity index (χ2v) is 4.16. The Labute approximate surface area is 103 Å². The molecule has 3 rings (SSSR count). The highest BCUT2D eigenvalue weighted by Gasteiger charge is 2.27. The van der Waals surface area contributed by atoms with Gasteiger partial charge in [0.2, 0.25) is 0 Å². The Hall–Kier alpha value is -2.49. The van der Waals surface area contributed by atoms with Gasteiger partial charge in [0.25, 0.3) is 0 Å². The van der Waals surface area contributed by atoms with Crippen molar-refractivity contribution in [3.63, 3.8) is 0 Å². The average molecular weight is 242 g/mol. The number of fused-ring (bicyclic) bond motifs is 2. The van der Waals surface area contributed by atoms with Crippen LogP contribution in [0.1, 0.15) is 17.0 Å². The van der Waals surface area contributed by atoms with Gasteiger partial charge >= 0.3 is 0 Å². The Bertz CT molecular complexity index is 582. The molecule has 0 aliphatic carbocycles. The number of carbonyl (C=O) groups is 1. The van der Waals surface area contributed by atoms with Gasteiger partial charge in [-0.15, -0.1) is 0 Å². The topological polar surface area (TPSA) is 66.8 Å². The molecule has 1 heterocycles. The number of ether oxygens (including phenoxy) is 1. The number of phenols is 2. The van der Waals surface area contributed by atoms with Gasteiger partial charge in [-0.2, -0.15) is 0 Å². The van der Waals surface area contributed by atoms with Crippen molar-refractivity contribution in [2.45, 2.75) is 5.92 Å². The van der Waals surface area contributed by atoms with Crippen LogP contribution >= 0.6 is 0 Å². The average Bonchev–Trinajstić information content (AvgIpc) is 2.35. The van der Waals surface area contributed by atoms with E-state index in [1.54, 1.807) is 12.1 Å². The summed E-state index contributed by atoms with van der Waals surface area (Å²) < 4.78 is 5.59. The summed E-state index contributed by atoms with van der Waals surface area (Å²) in [5, 5.41) is 18.9. The lowest BCUT2D eigenvalue weighted by Crippen LogP contribution is -2.11. The molecular formula is C14H10O4. The fourth-order valence-corrected chi connectivity index (χ4v) is 2.17. The van der Waals surface area contributed by atoms with E-state index in [1.807, 2.05) is 0 Å². The zero-order valence-corrected chi connectivity index (χ0v) is 9.33. The van der Waals surface area contributed by atoms with Crippen LogP contribution < -0.4 is 4.74 Å². The maximum atomic E-state index is 11.3. The molecular weight excluding hydrogens is 232 g/mol. The van der Waals surface area contributed by atoms with Crippen LogP contribution in [-0.4, -0.2) is 16.5 Å². The van der Waals surface area contributed by atoms with Gasteiger partial charge in [-0.1, -0.05) is 12.1 Å². The summed E-state index contributed by atoms with van der Waals surface area (Å²) in [6.45, 7) is 0. The van der Waals surface area contributed by atoms with Crippen molar-refractivity contribution in [2.75, 3.05) is 0 Å². The van der Waals surface area contributed by atoms with Crippen LogP contribution in [0, 0.1) is 0 Å². The van der Waals surface area contributed by atoms with Gasteiger partial charge in [0.05, 0.1) is 5.92 Å². The van der Waals surface area contributed by atoms with E-state index in [2.05, 4.69) is 0 Å². The van der Waals surface area contributed by atoms with Gasteiger partial charge in [-0.3, -0.25) is 0 Å². The van der Waals surface area contributed by atoms with Crippen molar-refractivity contribution in [1.82, 2.24) is 0 Å². The van der Waals surface area contributed by atoms with Crippen molar-refractivity contribution in [2.24, 2.45) is 0 Å². The number of aldehydes is 1. The first kappa shape index (κ1) is 10.7. The second kappa shape index (κ2) is 3.77. The molecule has 1 aliphatic rings. The van der Waals surface area contributed by atoms with E-state index in [0.717, 1.165) is 6.29 Å². The second-order valence-electron chi connectivity index (χ2n) is 4.16. The van der Waals surface area contributed by atoms with Gasteiger partial charge in [-0.05, 0) is 12.1 Å². The highest BCUT2D eigenvalue weighted by Crippen LogP contribution is 2.45. The third-order valence-corrected chi connectivity index (χ3v) is 3.02. The molecule has 0 saturated carbocycles. The molecule has 0 bridgehead atoms. The van der Waals surface area contributed by atoms with E-state index in [9.17, 15) is 15.0 Å². The largest absolute Gasteiger partial charge is 0.508 e. The van der Waals surface area contributed by atoms with Gasteiger partial charge in [0.15, 0.2) is 0 Å². The van der Waals surface area contributed by atoms with Crippen molar-refractivity contribution >= 4 is 6.29 Å². The maximum absolute atomic E-state index is 11.3. The fraction of sp³-hybridized carbons (Fsp3) is 0.0714. The zero-order valence-electron chi connectivity index (χ0n) is 9.33. The van der Waals surface area contributed by atoms with E-state index in [-0.39, 0.29) is 11.5 Å². The first-order valence-corrected chi connectivity index (χ1v) is 5.48. The Morgan fingerprint density at radius 1 is 0.944 bits per heavy atom. The van der Waals surface area contributed by atoms with Crippen LogP contribution in [0.5, 0.6) is 23.0 Å². The van der Waals surface area contributed by atoms with Crippen LogP contribution in [0.2, 0.25) is 0 Å². The molecule has 4 heteroatoms. The van der Waals surface area contributed by atoms with Crippen molar-refractivity contribution < 1.29 is 19.7 Å². The molecule has 2 aromatic rings. The van der Waals surface area contributed by atoms with E-state index >= 15 is 0 Å².